The highest BCUT2D eigenvalue weighted by Gasteiger charge is 2.32. The van der Waals surface area contributed by atoms with Crippen LogP contribution in [0.2, 0.25) is 0 Å². The number of likely N-dealkylation sites (tertiary alicyclic amines) is 1. The Morgan fingerprint density at radius 3 is 2.36 bits per heavy atom. The van der Waals surface area contributed by atoms with E-state index in [1.807, 2.05) is 36.4 Å². The van der Waals surface area contributed by atoms with Gasteiger partial charge in [0.2, 0.25) is 0 Å². The van der Waals surface area contributed by atoms with Crippen LogP contribution in [0, 0.1) is 0 Å². The Hall–Kier alpha value is -2.17. The van der Waals surface area contributed by atoms with E-state index in [1.54, 1.807) is 12.1 Å². The van der Waals surface area contributed by atoms with Crippen molar-refractivity contribution in [2.75, 3.05) is 13.1 Å². The van der Waals surface area contributed by atoms with Gasteiger partial charge in [-0.3, -0.25) is 9.69 Å². The van der Waals surface area contributed by atoms with Crippen LogP contribution in [0.4, 0.5) is 0 Å². The highest BCUT2D eigenvalue weighted by atomic mass is 16.3. The highest BCUT2D eigenvalue weighted by Crippen LogP contribution is 2.14. The first-order valence-corrected chi connectivity index (χ1v) is 7.52. The second-order valence-corrected chi connectivity index (χ2v) is 5.69. The lowest BCUT2D eigenvalue weighted by molar-refractivity contribution is 0.0888. The average Bonchev–Trinajstić information content (AvgIpc) is 2.88. The standard InChI is InChI=1S/C18H20N2O2/c21-17-13-20(11-14-7-3-1-4-8-14)12-16(17)19-18(22)15-9-5-2-6-10-15/h1-10,16-17,21H,11-13H2,(H,19,22). The second-order valence-electron chi connectivity index (χ2n) is 5.69. The predicted molar refractivity (Wildman–Crippen MR) is 85.4 cm³/mol. The van der Waals surface area contributed by atoms with Gasteiger partial charge >= 0.3 is 0 Å². The number of carbonyl (C=O) groups is 1. The van der Waals surface area contributed by atoms with Gasteiger partial charge in [0.25, 0.3) is 5.91 Å². The molecule has 1 aliphatic rings. The van der Waals surface area contributed by atoms with Crippen molar-refractivity contribution in [3.63, 3.8) is 0 Å². The molecule has 1 fully saturated rings. The lowest BCUT2D eigenvalue weighted by Crippen LogP contribution is -2.42. The fourth-order valence-corrected chi connectivity index (χ4v) is 2.82. The van der Waals surface area contributed by atoms with Crippen LogP contribution in [0.15, 0.2) is 60.7 Å². The maximum Gasteiger partial charge on any atom is 0.251 e. The number of nitrogens with one attached hydrogen (secondary N) is 1. The molecule has 2 aromatic carbocycles. The first-order valence-electron chi connectivity index (χ1n) is 7.52. The Balaban J connectivity index is 1.58. The van der Waals surface area contributed by atoms with Crippen LogP contribution < -0.4 is 5.32 Å². The van der Waals surface area contributed by atoms with Crippen molar-refractivity contribution in [1.82, 2.24) is 10.2 Å². The number of aliphatic hydroxyl groups is 1. The van der Waals surface area contributed by atoms with Gasteiger partial charge in [-0.25, -0.2) is 0 Å². The summed E-state index contributed by atoms with van der Waals surface area (Å²) in [5.74, 6) is -0.133. The Kier molecular flexibility index (Phi) is 4.51. The topological polar surface area (TPSA) is 52.6 Å². The fourth-order valence-electron chi connectivity index (χ4n) is 2.82. The van der Waals surface area contributed by atoms with Gasteiger partial charge in [0, 0.05) is 25.2 Å². The molecule has 0 aromatic heterocycles. The number of carbonyl (C=O) groups excluding carboxylic acids is 1. The van der Waals surface area contributed by atoms with Crippen LogP contribution in [-0.4, -0.2) is 41.1 Å². The minimum Gasteiger partial charge on any atom is -0.390 e. The van der Waals surface area contributed by atoms with Gasteiger partial charge < -0.3 is 10.4 Å². The monoisotopic (exact) mass is 296 g/mol. The number of benzene rings is 2. The minimum atomic E-state index is -0.531. The second kappa shape index (κ2) is 6.73. The van der Waals surface area contributed by atoms with Crippen LogP contribution in [0.25, 0.3) is 0 Å². The van der Waals surface area contributed by atoms with E-state index < -0.39 is 6.10 Å². The van der Waals surface area contributed by atoms with E-state index in [0.29, 0.717) is 18.7 Å². The third-order valence-corrected chi connectivity index (χ3v) is 3.97. The number of aliphatic hydroxyl groups excluding tert-OH is 1. The summed E-state index contributed by atoms with van der Waals surface area (Å²) in [6.45, 7) is 2.03. The predicted octanol–water partition coefficient (Wildman–Crippen LogP) is 1.66. The molecule has 0 aliphatic carbocycles. The zero-order chi connectivity index (χ0) is 15.4. The van der Waals surface area contributed by atoms with E-state index in [0.717, 1.165) is 6.54 Å². The van der Waals surface area contributed by atoms with Crippen LogP contribution in [0.3, 0.4) is 0 Å². The largest absolute Gasteiger partial charge is 0.390 e. The summed E-state index contributed by atoms with van der Waals surface area (Å²) in [5, 5.41) is 13.1. The molecule has 3 rings (SSSR count). The number of nitrogens with zero attached hydrogens (tertiary/aromatic N) is 1. The molecule has 0 radical (unpaired) electrons. The summed E-state index contributed by atoms with van der Waals surface area (Å²) >= 11 is 0. The average molecular weight is 296 g/mol. The maximum atomic E-state index is 12.2. The summed E-state index contributed by atoms with van der Waals surface area (Å²) in [7, 11) is 0. The van der Waals surface area contributed by atoms with Crippen molar-refractivity contribution in [2.45, 2.75) is 18.7 Å². The molecule has 1 aliphatic heterocycles. The lowest BCUT2D eigenvalue weighted by atomic mass is 10.1. The Morgan fingerprint density at radius 1 is 1.05 bits per heavy atom. The molecule has 1 amide bonds. The van der Waals surface area contributed by atoms with Crippen molar-refractivity contribution in [2.24, 2.45) is 0 Å². The molecule has 2 N–H and O–H groups in total. The Labute approximate surface area is 130 Å². The molecule has 22 heavy (non-hydrogen) atoms. The zero-order valence-electron chi connectivity index (χ0n) is 12.4. The molecule has 0 spiro atoms. The molecule has 2 unspecified atom stereocenters. The highest BCUT2D eigenvalue weighted by molar-refractivity contribution is 5.94. The van der Waals surface area contributed by atoms with Crippen molar-refractivity contribution in [3.05, 3.63) is 71.8 Å². The molecule has 2 aromatic rings. The fraction of sp³-hybridized carbons (Fsp3) is 0.278. The minimum absolute atomic E-state index is 0.133. The summed E-state index contributed by atoms with van der Waals surface area (Å²) in [6.07, 6.45) is -0.531. The maximum absolute atomic E-state index is 12.2. The van der Waals surface area contributed by atoms with E-state index >= 15 is 0 Å². The van der Waals surface area contributed by atoms with E-state index in [1.165, 1.54) is 5.56 Å². The SMILES string of the molecule is O=C(NC1CN(Cc2ccccc2)CC1O)c1ccccc1. The van der Waals surface area contributed by atoms with Crippen molar-refractivity contribution in [1.29, 1.82) is 0 Å². The van der Waals surface area contributed by atoms with Crippen molar-refractivity contribution >= 4 is 5.91 Å². The number of β-amino-alcohol motifs (C(OH)–C–C–N with tert-alkyl or cyclic N) is 1. The van der Waals surface area contributed by atoms with E-state index in [4.69, 9.17) is 0 Å². The summed E-state index contributed by atoms with van der Waals surface area (Å²) < 4.78 is 0. The van der Waals surface area contributed by atoms with Crippen LogP contribution >= 0.6 is 0 Å². The number of rotatable bonds is 4. The molecule has 1 heterocycles. The normalized spacial score (nSPS) is 21.7. The van der Waals surface area contributed by atoms with Gasteiger partial charge in [-0.15, -0.1) is 0 Å². The van der Waals surface area contributed by atoms with Crippen LogP contribution in [0.5, 0.6) is 0 Å². The summed E-state index contributed by atoms with van der Waals surface area (Å²) in [4.78, 5) is 14.3. The van der Waals surface area contributed by atoms with Gasteiger partial charge in [0.05, 0.1) is 12.1 Å². The molecule has 2 atom stereocenters. The van der Waals surface area contributed by atoms with Gasteiger partial charge in [0.15, 0.2) is 0 Å². The number of hydrogen-bond acceptors (Lipinski definition) is 3. The first kappa shape index (κ1) is 14.8. The first-order chi connectivity index (χ1) is 10.7. The van der Waals surface area contributed by atoms with Gasteiger partial charge in [-0.1, -0.05) is 48.5 Å². The molecule has 0 saturated carbocycles. The molecule has 0 bridgehead atoms. The Bertz CT molecular complexity index is 615. The van der Waals surface area contributed by atoms with Crippen LogP contribution in [0.1, 0.15) is 15.9 Å². The Morgan fingerprint density at radius 2 is 1.68 bits per heavy atom. The zero-order valence-corrected chi connectivity index (χ0v) is 12.4. The van der Waals surface area contributed by atoms with E-state index in [2.05, 4.69) is 22.3 Å². The summed E-state index contributed by atoms with van der Waals surface area (Å²) in [5.41, 5.74) is 1.83. The van der Waals surface area contributed by atoms with Gasteiger partial charge in [-0.05, 0) is 17.7 Å². The van der Waals surface area contributed by atoms with E-state index in [-0.39, 0.29) is 11.9 Å². The number of amides is 1. The van der Waals surface area contributed by atoms with Crippen molar-refractivity contribution < 1.29 is 9.90 Å². The smallest absolute Gasteiger partial charge is 0.251 e. The molecular formula is C18H20N2O2. The third kappa shape index (κ3) is 3.53. The quantitative estimate of drug-likeness (QED) is 0.902. The third-order valence-electron chi connectivity index (χ3n) is 3.97. The molecule has 4 heteroatoms. The number of hydrogen-bond donors (Lipinski definition) is 2. The molecule has 4 nitrogen and oxygen atoms in total. The summed E-state index contributed by atoms with van der Waals surface area (Å²) in [6, 6.07) is 19.0. The molecular weight excluding hydrogens is 276 g/mol. The molecule has 1 saturated heterocycles. The van der Waals surface area contributed by atoms with Gasteiger partial charge in [0.1, 0.15) is 0 Å². The molecule has 114 valence electrons. The van der Waals surface area contributed by atoms with Gasteiger partial charge in [-0.2, -0.15) is 0 Å². The van der Waals surface area contributed by atoms with E-state index in [9.17, 15) is 9.90 Å². The lowest BCUT2D eigenvalue weighted by Gasteiger charge is -2.17. The van der Waals surface area contributed by atoms with Crippen molar-refractivity contribution in [3.8, 4) is 0 Å². The van der Waals surface area contributed by atoms with Crippen LogP contribution in [-0.2, 0) is 6.54 Å².